The van der Waals surface area contributed by atoms with Crippen LogP contribution in [0.3, 0.4) is 0 Å². The molecule has 5 nitrogen and oxygen atoms in total. The van der Waals surface area contributed by atoms with Crippen LogP contribution < -0.4 is 16.2 Å². The fourth-order valence-corrected chi connectivity index (χ4v) is 1.45. The first-order chi connectivity index (χ1) is 7.63. The van der Waals surface area contributed by atoms with Gasteiger partial charge in [0.05, 0.1) is 19.6 Å². The Labute approximate surface area is 94.2 Å². The molecule has 0 spiro atoms. The maximum atomic E-state index is 9.84. The van der Waals surface area contributed by atoms with Gasteiger partial charge in [0.15, 0.2) is 11.5 Å². The lowest BCUT2D eigenvalue weighted by atomic mass is 10.0. The number of hydrogen-bond acceptors (Lipinski definition) is 5. The lowest BCUT2D eigenvalue weighted by Crippen LogP contribution is -2.21. The maximum Gasteiger partial charge on any atom is 0.162 e. The summed E-state index contributed by atoms with van der Waals surface area (Å²) < 4.78 is 5.01. The van der Waals surface area contributed by atoms with Gasteiger partial charge in [0.2, 0.25) is 0 Å². The van der Waals surface area contributed by atoms with Crippen molar-refractivity contribution in [3.05, 3.63) is 23.3 Å². The van der Waals surface area contributed by atoms with Crippen LogP contribution in [0, 0.1) is 11.3 Å². The molecule has 1 aromatic rings. The molecule has 0 unspecified atom stereocenters. The zero-order chi connectivity index (χ0) is 12.1. The summed E-state index contributed by atoms with van der Waals surface area (Å²) >= 11 is 0. The molecule has 86 valence electrons. The lowest BCUT2D eigenvalue weighted by molar-refractivity contribution is 0.368. The Kier molecular flexibility index (Phi) is 4.11. The third-order valence-corrected chi connectivity index (χ3v) is 2.32. The first-order valence-corrected chi connectivity index (χ1v) is 4.86. The minimum absolute atomic E-state index is 0.0119. The Hall–Kier alpha value is -1.77. The number of nitriles is 1. The first-order valence-electron chi connectivity index (χ1n) is 4.86. The van der Waals surface area contributed by atoms with Crippen LogP contribution in [0.2, 0.25) is 0 Å². The number of aromatic hydroxyl groups is 1. The molecule has 0 fully saturated rings. The smallest absolute Gasteiger partial charge is 0.162 e. The molecule has 0 amide bonds. The average molecular weight is 221 g/mol. The SMILES string of the molecule is COc1cc(CC#N)cc([C@H](N)CN)c1O. The van der Waals surface area contributed by atoms with E-state index in [4.69, 9.17) is 21.5 Å². The highest BCUT2D eigenvalue weighted by molar-refractivity contribution is 5.50. The van der Waals surface area contributed by atoms with Gasteiger partial charge in [0, 0.05) is 18.2 Å². The molecule has 0 aliphatic rings. The van der Waals surface area contributed by atoms with Gasteiger partial charge in [-0.15, -0.1) is 0 Å². The van der Waals surface area contributed by atoms with Crippen molar-refractivity contribution in [1.82, 2.24) is 0 Å². The standard InChI is InChI=1S/C11H15N3O2/c1-16-10-5-7(2-3-12)4-8(11(10)15)9(14)6-13/h4-5,9,15H,2,6,13-14H2,1H3/t9-/m1/s1. The summed E-state index contributed by atoms with van der Waals surface area (Å²) in [6.45, 7) is 0.215. The second-order valence-electron chi connectivity index (χ2n) is 3.41. The summed E-state index contributed by atoms with van der Waals surface area (Å²) in [4.78, 5) is 0. The fraction of sp³-hybridized carbons (Fsp3) is 0.364. The summed E-state index contributed by atoms with van der Waals surface area (Å²) in [6.07, 6.45) is 0.237. The van der Waals surface area contributed by atoms with E-state index in [2.05, 4.69) is 0 Å². The van der Waals surface area contributed by atoms with Crippen molar-refractivity contribution in [2.24, 2.45) is 11.5 Å². The molecular weight excluding hydrogens is 206 g/mol. The van der Waals surface area contributed by atoms with E-state index in [1.54, 1.807) is 12.1 Å². The third kappa shape index (κ3) is 2.42. The molecule has 1 rings (SSSR count). The van der Waals surface area contributed by atoms with Crippen LogP contribution in [-0.2, 0) is 6.42 Å². The van der Waals surface area contributed by atoms with Crippen molar-refractivity contribution in [2.45, 2.75) is 12.5 Å². The number of phenolic OH excluding ortho intramolecular Hbond substituents is 1. The van der Waals surface area contributed by atoms with Gasteiger partial charge in [-0.1, -0.05) is 0 Å². The van der Waals surface area contributed by atoms with Crippen LogP contribution >= 0.6 is 0 Å². The second-order valence-corrected chi connectivity index (χ2v) is 3.41. The van der Waals surface area contributed by atoms with E-state index >= 15 is 0 Å². The van der Waals surface area contributed by atoms with E-state index in [-0.39, 0.29) is 18.7 Å². The van der Waals surface area contributed by atoms with Crippen molar-refractivity contribution < 1.29 is 9.84 Å². The number of nitrogens with two attached hydrogens (primary N) is 2. The number of hydrogen-bond donors (Lipinski definition) is 3. The Bertz CT molecular complexity index is 412. The van der Waals surface area contributed by atoms with Gasteiger partial charge >= 0.3 is 0 Å². The number of methoxy groups -OCH3 is 1. The van der Waals surface area contributed by atoms with Gasteiger partial charge < -0.3 is 21.3 Å². The number of ether oxygens (including phenoxy) is 1. The molecule has 0 aliphatic carbocycles. The molecule has 1 atom stereocenters. The molecular formula is C11H15N3O2. The number of nitrogens with zero attached hydrogens (tertiary/aromatic N) is 1. The number of phenols is 1. The van der Waals surface area contributed by atoms with Gasteiger partial charge in [-0.2, -0.15) is 5.26 Å². The van der Waals surface area contributed by atoms with Gasteiger partial charge in [-0.25, -0.2) is 0 Å². The molecule has 0 saturated heterocycles. The van der Waals surface area contributed by atoms with Gasteiger partial charge in [0.1, 0.15) is 0 Å². The molecule has 0 heterocycles. The molecule has 0 radical (unpaired) electrons. The van der Waals surface area contributed by atoms with Crippen LogP contribution in [0.5, 0.6) is 11.5 Å². The minimum Gasteiger partial charge on any atom is -0.504 e. The lowest BCUT2D eigenvalue weighted by Gasteiger charge is -2.15. The molecule has 5 heteroatoms. The minimum atomic E-state index is -0.465. The van der Waals surface area contributed by atoms with Crippen LogP contribution in [0.15, 0.2) is 12.1 Å². The van der Waals surface area contributed by atoms with Crippen molar-refractivity contribution in [3.8, 4) is 17.6 Å². The maximum absolute atomic E-state index is 9.84. The third-order valence-electron chi connectivity index (χ3n) is 2.32. The normalized spacial score (nSPS) is 11.9. The summed E-state index contributed by atoms with van der Waals surface area (Å²) in [7, 11) is 1.45. The molecule has 0 aromatic heterocycles. The van der Waals surface area contributed by atoms with E-state index < -0.39 is 6.04 Å². The van der Waals surface area contributed by atoms with Crippen molar-refractivity contribution >= 4 is 0 Å². The van der Waals surface area contributed by atoms with E-state index in [0.717, 1.165) is 5.56 Å². The van der Waals surface area contributed by atoms with E-state index in [1.165, 1.54) is 7.11 Å². The van der Waals surface area contributed by atoms with Crippen molar-refractivity contribution in [2.75, 3.05) is 13.7 Å². The largest absolute Gasteiger partial charge is 0.504 e. The summed E-state index contributed by atoms with van der Waals surface area (Å²) in [5.41, 5.74) is 12.5. The second kappa shape index (κ2) is 5.35. The van der Waals surface area contributed by atoms with E-state index in [9.17, 15) is 5.11 Å². The molecule has 0 saturated carbocycles. The predicted octanol–water partition coefficient (Wildman–Crippen LogP) is 0.425. The van der Waals surface area contributed by atoms with Gasteiger partial charge in [-0.05, 0) is 17.7 Å². The Balaban J connectivity index is 3.25. The highest BCUT2D eigenvalue weighted by atomic mass is 16.5. The Morgan fingerprint density at radius 3 is 2.75 bits per heavy atom. The topological polar surface area (TPSA) is 105 Å². The summed E-state index contributed by atoms with van der Waals surface area (Å²) in [5, 5.41) is 18.5. The molecule has 0 aliphatic heterocycles. The first kappa shape index (κ1) is 12.3. The monoisotopic (exact) mass is 221 g/mol. The zero-order valence-corrected chi connectivity index (χ0v) is 9.10. The van der Waals surface area contributed by atoms with Gasteiger partial charge in [0.25, 0.3) is 0 Å². The van der Waals surface area contributed by atoms with Crippen molar-refractivity contribution in [1.29, 1.82) is 5.26 Å². The van der Waals surface area contributed by atoms with Crippen molar-refractivity contribution in [3.63, 3.8) is 0 Å². The molecule has 5 N–H and O–H groups in total. The highest BCUT2D eigenvalue weighted by Gasteiger charge is 2.15. The molecule has 1 aromatic carbocycles. The molecule has 16 heavy (non-hydrogen) atoms. The van der Waals surface area contributed by atoms with E-state index in [1.807, 2.05) is 6.07 Å². The predicted molar refractivity (Wildman–Crippen MR) is 60.0 cm³/mol. The Morgan fingerprint density at radius 1 is 1.56 bits per heavy atom. The quantitative estimate of drug-likeness (QED) is 0.683. The van der Waals surface area contributed by atoms with Crippen LogP contribution in [0.1, 0.15) is 17.2 Å². The zero-order valence-electron chi connectivity index (χ0n) is 9.10. The van der Waals surface area contributed by atoms with Crippen LogP contribution in [0.25, 0.3) is 0 Å². The summed E-state index contributed by atoms with van der Waals surface area (Å²) in [6, 6.07) is 4.86. The summed E-state index contributed by atoms with van der Waals surface area (Å²) in [5.74, 6) is 0.300. The van der Waals surface area contributed by atoms with Gasteiger partial charge in [-0.3, -0.25) is 0 Å². The average Bonchev–Trinajstić information content (AvgIpc) is 2.30. The van der Waals surface area contributed by atoms with Crippen LogP contribution in [0.4, 0.5) is 0 Å². The van der Waals surface area contributed by atoms with Crippen LogP contribution in [-0.4, -0.2) is 18.8 Å². The highest BCUT2D eigenvalue weighted by Crippen LogP contribution is 2.34. The fourth-order valence-electron chi connectivity index (χ4n) is 1.45. The Morgan fingerprint density at radius 2 is 2.25 bits per heavy atom. The van der Waals surface area contributed by atoms with E-state index in [0.29, 0.717) is 11.3 Å². The number of benzene rings is 1. The number of rotatable bonds is 4. The molecule has 0 bridgehead atoms.